The predicted molar refractivity (Wildman–Crippen MR) is 220 cm³/mol. The number of para-hydroxylation sites is 2. The van der Waals surface area contributed by atoms with E-state index in [1.165, 1.54) is 33.4 Å². The molecule has 8 rings (SSSR count). The van der Waals surface area contributed by atoms with E-state index < -0.39 is 0 Å². The van der Waals surface area contributed by atoms with Crippen LogP contribution in [0.15, 0.2) is 192 Å². The summed E-state index contributed by atoms with van der Waals surface area (Å²) in [5.74, 6) is 0.643. The third-order valence-corrected chi connectivity index (χ3v) is 9.25. The van der Waals surface area contributed by atoms with Gasteiger partial charge in [-0.2, -0.15) is 0 Å². The first kappa shape index (κ1) is 34.0. The SMILES string of the molecule is C/C=C\C.CCc1ccc2oc(-c3ccc(-c4ccccc4-c4ccccc4-c4ccc(N(c5ccccc5)c5ccccc5)cc4)cc3)nc2c1. The van der Waals surface area contributed by atoms with E-state index >= 15 is 0 Å². The number of oxazole rings is 1. The highest BCUT2D eigenvalue weighted by Crippen LogP contribution is 2.40. The van der Waals surface area contributed by atoms with Crippen LogP contribution in [0.3, 0.4) is 0 Å². The van der Waals surface area contributed by atoms with Gasteiger partial charge >= 0.3 is 0 Å². The maximum atomic E-state index is 6.12. The second-order valence-electron chi connectivity index (χ2n) is 12.6. The number of aromatic nitrogens is 1. The van der Waals surface area contributed by atoms with Crippen LogP contribution in [0.4, 0.5) is 17.1 Å². The molecule has 0 bridgehead atoms. The Morgan fingerprint density at radius 1 is 0.481 bits per heavy atom. The molecule has 0 aliphatic rings. The molecule has 3 nitrogen and oxygen atoms in total. The van der Waals surface area contributed by atoms with Gasteiger partial charge in [0.25, 0.3) is 0 Å². The zero-order chi connectivity index (χ0) is 35.7. The van der Waals surface area contributed by atoms with Crippen LogP contribution >= 0.6 is 0 Å². The van der Waals surface area contributed by atoms with Crippen molar-refractivity contribution in [2.75, 3.05) is 4.90 Å². The fourth-order valence-corrected chi connectivity index (χ4v) is 6.44. The molecule has 7 aromatic carbocycles. The van der Waals surface area contributed by atoms with Crippen LogP contribution < -0.4 is 4.90 Å². The van der Waals surface area contributed by atoms with Crippen molar-refractivity contribution in [1.82, 2.24) is 4.98 Å². The lowest BCUT2D eigenvalue weighted by Crippen LogP contribution is -2.09. The molecule has 0 radical (unpaired) electrons. The Balaban J connectivity index is 0.00000100. The van der Waals surface area contributed by atoms with E-state index in [0.717, 1.165) is 45.7 Å². The van der Waals surface area contributed by atoms with E-state index in [1.54, 1.807) is 0 Å². The van der Waals surface area contributed by atoms with Crippen molar-refractivity contribution < 1.29 is 4.42 Å². The van der Waals surface area contributed by atoms with Crippen LogP contribution in [0.5, 0.6) is 0 Å². The van der Waals surface area contributed by atoms with Crippen LogP contribution in [-0.4, -0.2) is 4.98 Å². The van der Waals surface area contributed by atoms with E-state index in [9.17, 15) is 0 Å². The average Bonchev–Trinajstić information content (AvgIpc) is 3.66. The van der Waals surface area contributed by atoms with Crippen molar-refractivity contribution in [3.63, 3.8) is 0 Å². The highest BCUT2D eigenvalue weighted by Gasteiger charge is 2.16. The Morgan fingerprint density at radius 2 is 0.923 bits per heavy atom. The summed E-state index contributed by atoms with van der Waals surface area (Å²) in [5, 5.41) is 0. The lowest BCUT2D eigenvalue weighted by molar-refractivity contribution is 0.620. The Kier molecular flexibility index (Phi) is 10.5. The average molecular weight is 675 g/mol. The molecule has 0 spiro atoms. The Hall–Kier alpha value is -6.45. The van der Waals surface area contributed by atoms with Crippen LogP contribution in [0, 0.1) is 0 Å². The van der Waals surface area contributed by atoms with Crippen molar-refractivity contribution in [2.45, 2.75) is 27.2 Å². The molecule has 254 valence electrons. The van der Waals surface area contributed by atoms with Crippen molar-refractivity contribution >= 4 is 28.2 Å². The molecule has 0 saturated carbocycles. The standard InChI is InChI=1S/C45H34N2O.C4H8/c1-2-32-21-30-44-43(31-32)46-45(48-44)35-24-22-33(23-25-35)39-17-9-11-19-41(39)42-20-12-10-18-40(42)34-26-28-38(29-27-34)47(36-13-5-3-6-14-36)37-15-7-4-8-16-37;1-3-4-2/h3-31H,2H2,1H3;3-4H,1-2H3/b;4-3-. The number of aryl methyl sites for hydroxylation is 1. The van der Waals surface area contributed by atoms with E-state index in [1.807, 2.05) is 32.1 Å². The van der Waals surface area contributed by atoms with Gasteiger partial charge in [-0.25, -0.2) is 4.98 Å². The smallest absolute Gasteiger partial charge is 0.227 e. The second kappa shape index (κ2) is 16.1. The normalized spacial score (nSPS) is 11.0. The number of anilines is 3. The van der Waals surface area contributed by atoms with Gasteiger partial charge in [-0.05, 0) is 120 Å². The zero-order valence-corrected chi connectivity index (χ0v) is 29.9. The third-order valence-electron chi connectivity index (χ3n) is 9.25. The first-order valence-electron chi connectivity index (χ1n) is 17.9. The minimum atomic E-state index is 0.643. The summed E-state index contributed by atoms with van der Waals surface area (Å²) < 4.78 is 6.12. The Morgan fingerprint density at radius 3 is 1.42 bits per heavy atom. The number of allylic oxidation sites excluding steroid dienone is 2. The fourth-order valence-electron chi connectivity index (χ4n) is 6.44. The molecule has 0 aliphatic carbocycles. The van der Waals surface area contributed by atoms with Crippen molar-refractivity contribution in [3.8, 4) is 44.8 Å². The van der Waals surface area contributed by atoms with E-state index in [0.29, 0.717) is 5.89 Å². The van der Waals surface area contributed by atoms with Crippen molar-refractivity contribution in [1.29, 1.82) is 0 Å². The molecule has 0 N–H and O–H groups in total. The lowest BCUT2D eigenvalue weighted by atomic mass is 9.89. The predicted octanol–water partition coefficient (Wildman–Crippen LogP) is 14.1. The minimum Gasteiger partial charge on any atom is -0.436 e. The third kappa shape index (κ3) is 7.35. The highest BCUT2D eigenvalue weighted by molar-refractivity contribution is 5.92. The summed E-state index contributed by atoms with van der Waals surface area (Å²) in [6.45, 7) is 6.15. The molecular formula is C49H42N2O. The van der Waals surface area contributed by atoms with Gasteiger partial charge in [0.15, 0.2) is 5.58 Å². The highest BCUT2D eigenvalue weighted by atomic mass is 16.3. The monoisotopic (exact) mass is 674 g/mol. The largest absolute Gasteiger partial charge is 0.436 e. The van der Waals surface area contributed by atoms with Gasteiger partial charge in [0.05, 0.1) is 0 Å². The number of hydrogen-bond donors (Lipinski definition) is 0. The molecule has 3 heteroatoms. The summed E-state index contributed by atoms with van der Waals surface area (Å²) >= 11 is 0. The topological polar surface area (TPSA) is 29.3 Å². The maximum absolute atomic E-state index is 6.12. The van der Waals surface area contributed by atoms with Gasteiger partial charge < -0.3 is 9.32 Å². The summed E-state index contributed by atoms with van der Waals surface area (Å²) in [4.78, 5) is 7.08. The van der Waals surface area contributed by atoms with Gasteiger partial charge in [-0.1, -0.05) is 134 Å². The Bertz CT molecular complexity index is 2350. The van der Waals surface area contributed by atoms with Crippen molar-refractivity contribution in [2.24, 2.45) is 0 Å². The quantitative estimate of drug-likeness (QED) is 0.150. The number of benzene rings is 7. The van der Waals surface area contributed by atoms with E-state index in [-0.39, 0.29) is 0 Å². The Labute approximate surface area is 307 Å². The lowest BCUT2D eigenvalue weighted by Gasteiger charge is -2.25. The maximum Gasteiger partial charge on any atom is 0.227 e. The number of fused-ring (bicyclic) bond motifs is 1. The molecule has 1 heterocycles. The summed E-state index contributed by atoms with van der Waals surface area (Å²) in [5.41, 5.74) is 14.4. The molecule has 52 heavy (non-hydrogen) atoms. The first-order valence-corrected chi connectivity index (χ1v) is 17.9. The summed E-state index contributed by atoms with van der Waals surface area (Å²) in [7, 11) is 0. The van der Waals surface area contributed by atoms with E-state index in [4.69, 9.17) is 9.40 Å². The molecule has 0 fully saturated rings. The van der Waals surface area contributed by atoms with Gasteiger partial charge in [-0.15, -0.1) is 0 Å². The molecule has 0 aliphatic heterocycles. The van der Waals surface area contributed by atoms with Crippen LogP contribution in [0.1, 0.15) is 26.3 Å². The molecule has 1 aromatic heterocycles. The zero-order valence-electron chi connectivity index (χ0n) is 29.9. The first-order chi connectivity index (χ1) is 25.7. The number of nitrogens with zero attached hydrogens (tertiary/aromatic N) is 2. The number of hydrogen-bond acceptors (Lipinski definition) is 3. The molecule has 0 amide bonds. The summed E-state index contributed by atoms with van der Waals surface area (Å²) in [6.07, 6.45) is 4.97. The van der Waals surface area contributed by atoms with E-state index in [2.05, 4.69) is 182 Å². The number of rotatable bonds is 8. The van der Waals surface area contributed by atoms with Gasteiger partial charge in [0.2, 0.25) is 5.89 Å². The van der Waals surface area contributed by atoms with Crippen LogP contribution in [0.25, 0.3) is 55.9 Å². The second-order valence-corrected chi connectivity index (χ2v) is 12.6. The fraction of sp³-hybridized carbons (Fsp3) is 0.0816. The van der Waals surface area contributed by atoms with Gasteiger partial charge in [0.1, 0.15) is 5.52 Å². The molecular weight excluding hydrogens is 633 g/mol. The van der Waals surface area contributed by atoms with Crippen molar-refractivity contribution in [3.05, 3.63) is 194 Å². The van der Waals surface area contributed by atoms with Crippen LogP contribution in [-0.2, 0) is 6.42 Å². The molecule has 0 unspecified atom stereocenters. The summed E-state index contributed by atoms with van der Waals surface area (Å²) in [6, 6.07) is 62.0. The van der Waals surface area contributed by atoms with Gasteiger partial charge in [-0.3, -0.25) is 0 Å². The molecule has 0 saturated heterocycles. The van der Waals surface area contributed by atoms with Gasteiger partial charge in [0, 0.05) is 22.6 Å². The molecule has 8 aromatic rings. The molecule has 0 atom stereocenters. The minimum absolute atomic E-state index is 0.643. The van der Waals surface area contributed by atoms with Crippen LogP contribution in [0.2, 0.25) is 0 Å².